The summed E-state index contributed by atoms with van der Waals surface area (Å²) in [6, 6.07) is 13.2. The lowest BCUT2D eigenvalue weighted by atomic mass is 9.68. The zero-order chi connectivity index (χ0) is 24.0. The smallest absolute Gasteiger partial charge is 0.235 e. The van der Waals surface area contributed by atoms with E-state index in [2.05, 4.69) is 17.1 Å². The van der Waals surface area contributed by atoms with Gasteiger partial charge >= 0.3 is 0 Å². The Bertz CT molecular complexity index is 957. The van der Waals surface area contributed by atoms with Crippen molar-refractivity contribution < 1.29 is 9.53 Å². The van der Waals surface area contributed by atoms with E-state index in [1.54, 1.807) is 6.07 Å². The molecule has 2 fully saturated rings. The molecule has 34 heavy (non-hydrogen) atoms. The third kappa shape index (κ3) is 6.27. The first-order chi connectivity index (χ1) is 16.5. The van der Waals surface area contributed by atoms with Crippen molar-refractivity contribution in [2.24, 2.45) is 5.92 Å². The number of anilines is 1. The van der Waals surface area contributed by atoms with Crippen molar-refractivity contribution in [2.75, 3.05) is 31.6 Å². The Morgan fingerprint density at radius 1 is 1.09 bits per heavy atom. The number of likely N-dealkylation sites (tertiary alicyclic amines) is 1. The maximum atomic E-state index is 13.6. The van der Waals surface area contributed by atoms with Crippen LogP contribution in [0.15, 0.2) is 42.5 Å². The highest BCUT2D eigenvalue weighted by molar-refractivity contribution is 6.35. The van der Waals surface area contributed by atoms with Gasteiger partial charge in [0, 0.05) is 28.8 Å². The summed E-state index contributed by atoms with van der Waals surface area (Å²) in [4.78, 5) is 16.1. The van der Waals surface area contributed by atoms with Crippen molar-refractivity contribution in [2.45, 2.75) is 63.7 Å². The molecule has 0 aromatic heterocycles. The molecule has 6 heteroatoms. The van der Waals surface area contributed by atoms with Crippen LogP contribution in [-0.4, -0.2) is 37.0 Å². The molecule has 0 bridgehead atoms. The van der Waals surface area contributed by atoms with Gasteiger partial charge in [-0.15, -0.1) is 0 Å². The van der Waals surface area contributed by atoms with Gasteiger partial charge in [-0.2, -0.15) is 0 Å². The fourth-order valence-electron chi connectivity index (χ4n) is 5.50. The fourth-order valence-corrected chi connectivity index (χ4v) is 6.09. The number of ether oxygens (including phenoxy) is 1. The number of rotatable bonds is 8. The first-order valence-electron chi connectivity index (χ1n) is 12.7. The normalized spacial score (nSPS) is 20.6. The van der Waals surface area contributed by atoms with Crippen LogP contribution in [0.5, 0.6) is 5.75 Å². The largest absolute Gasteiger partial charge is 0.494 e. The zero-order valence-electron chi connectivity index (χ0n) is 20.1. The van der Waals surface area contributed by atoms with E-state index < -0.39 is 5.41 Å². The van der Waals surface area contributed by atoms with E-state index in [0.29, 0.717) is 16.7 Å². The predicted molar refractivity (Wildman–Crippen MR) is 141 cm³/mol. The molecule has 0 spiro atoms. The van der Waals surface area contributed by atoms with Gasteiger partial charge in [-0.25, -0.2) is 0 Å². The molecule has 2 aliphatic rings. The summed E-state index contributed by atoms with van der Waals surface area (Å²) in [5.74, 6) is 1.64. The van der Waals surface area contributed by atoms with Gasteiger partial charge in [0.2, 0.25) is 5.91 Å². The van der Waals surface area contributed by atoms with E-state index in [1.807, 2.05) is 36.4 Å². The van der Waals surface area contributed by atoms with Crippen molar-refractivity contribution in [3.63, 3.8) is 0 Å². The highest BCUT2D eigenvalue weighted by Gasteiger charge is 2.42. The maximum Gasteiger partial charge on any atom is 0.235 e. The Morgan fingerprint density at radius 2 is 1.85 bits per heavy atom. The van der Waals surface area contributed by atoms with Crippen molar-refractivity contribution in [3.8, 4) is 5.75 Å². The molecule has 1 heterocycles. The topological polar surface area (TPSA) is 41.6 Å². The van der Waals surface area contributed by atoms with Gasteiger partial charge in [-0.3, -0.25) is 4.79 Å². The van der Waals surface area contributed by atoms with Gasteiger partial charge < -0.3 is 15.0 Å². The number of halogens is 2. The van der Waals surface area contributed by atoms with Crippen LogP contribution >= 0.6 is 23.2 Å². The standard InChI is InChI=1S/C28H36Cl2N2O2/c1-21-7-5-16-32(20-21)17-6-18-34-24-11-9-23(10-12-24)31-27(33)28(14-3-2-4-15-28)25-13-8-22(29)19-26(25)30/h8-13,19,21H,2-7,14-18,20H2,1H3,(H,31,33). The number of hydrogen-bond donors (Lipinski definition) is 1. The van der Waals surface area contributed by atoms with Crippen LogP contribution in [0.4, 0.5) is 5.69 Å². The summed E-state index contributed by atoms with van der Waals surface area (Å²) in [5, 5.41) is 4.29. The van der Waals surface area contributed by atoms with Crippen LogP contribution < -0.4 is 10.1 Å². The van der Waals surface area contributed by atoms with Crippen LogP contribution in [0, 0.1) is 5.92 Å². The van der Waals surface area contributed by atoms with E-state index in [-0.39, 0.29) is 5.91 Å². The number of piperidine rings is 1. The highest BCUT2D eigenvalue weighted by atomic mass is 35.5. The molecule has 1 atom stereocenters. The molecule has 1 saturated carbocycles. The fraction of sp³-hybridized carbons (Fsp3) is 0.536. The third-order valence-electron chi connectivity index (χ3n) is 7.33. The minimum absolute atomic E-state index is 0.000788. The SMILES string of the molecule is CC1CCCN(CCCOc2ccc(NC(=O)C3(c4ccc(Cl)cc4Cl)CCCCC3)cc2)C1. The van der Waals surface area contributed by atoms with Gasteiger partial charge in [0.05, 0.1) is 12.0 Å². The molecule has 1 N–H and O–H groups in total. The van der Waals surface area contributed by atoms with E-state index in [9.17, 15) is 4.79 Å². The Hall–Kier alpha value is -1.75. The lowest BCUT2D eigenvalue weighted by Crippen LogP contribution is -2.42. The molecule has 1 aliphatic heterocycles. The van der Waals surface area contributed by atoms with Crippen LogP contribution in [-0.2, 0) is 10.2 Å². The molecule has 1 amide bonds. The number of hydrogen-bond acceptors (Lipinski definition) is 3. The van der Waals surface area contributed by atoms with E-state index in [1.165, 1.54) is 25.9 Å². The molecular weight excluding hydrogens is 467 g/mol. The quantitative estimate of drug-likeness (QED) is 0.384. The molecule has 1 saturated heterocycles. The summed E-state index contributed by atoms with van der Waals surface area (Å²) in [7, 11) is 0. The lowest BCUT2D eigenvalue weighted by molar-refractivity contribution is -0.122. The minimum atomic E-state index is -0.624. The van der Waals surface area contributed by atoms with Crippen molar-refractivity contribution in [1.29, 1.82) is 0 Å². The molecule has 4 rings (SSSR count). The molecule has 2 aromatic rings. The second-order valence-corrected chi connectivity index (χ2v) is 10.8. The average molecular weight is 504 g/mol. The summed E-state index contributed by atoms with van der Waals surface area (Å²) >= 11 is 12.7. The van der Waals surface area contributed by atoms with Gasteiger partial charge in [0.15, 0.2) is 0 Å². The van der Waals surface area contributed by atoms with Crippen LogP contribution in [0.3, 0.4) is 0 Å². The number of amides is 1. The minimum Gasteiger partial charge on any atom is -0.494 e. The highest BCUT2D eigenvalue weighted by Crippen LogP contribution is 2.44. The average Bonchev–Trinajstić information content (AvgIpc) is 2.83. The predicted octanol–water partition coefficient (Wildman–Crippen LogP) is 7.33. The number of carbonyl (C=O) groups is 1. The van der Waals surface area contributed by atoms with Gasteiger partial charge in [-0.05, 0) is 86.5 Å². The molecule has 0 radical (unpaired) electrons. The van der Waals surface area contributed by atoms with Gasteiger partial charge in [0.1, 0.15) is 5.75 Å². The molecular formula is C28H36Cl2N2O2. The van der Waals surface area contributed by atoms with Crippen LogP contribution in [0.1, 0.15) is 63.9 Å². The molecule has 1 unspecified atom stereocenters. The number of benzene rings is 2. The molecule has 4 nitrogen and oxygen atoms in total. The molecule has 1 aliphatic carbocycles. The van der Waals surface area contributed by atoms with E-state index in [4.69, 9.17) is 27.9 Å². The lowest BCUT2D eigenvalue weighted by Gasteiger charge is -2.37. The van der Waals surface area contributed by atoms with Crippen LogP contribution in [0.2, 0.25) is 10.0 Å². The molecule has 184 valence electrons. The Balaban J connectivity index is 1.33. The summed E-state index contributed by atoms with van der Waals surface area (Å²) in [6.45, 7) is 6.55. The van der Waals surface area contributed by atoms with Crippen LogP contribution in [0.25, 0.3) is 0 Å². The maximum absolute atomic E-state index is 13.6. The first-order valence-corrected chi connectivity index (χ1v) is 13.4. The zero-order valence-corrected chi connectivity index (χ0v) is 21.6. The third-order valence-corrected chi connectivity index (χ3v) is 7.88. The Kier molecular flexibility index (Phi) is 8.79. The monoisotopic (exact) mass is 502 g/mol. The summed E-state index contributed by atoms with van der Waals surface area (Å²) < 4.78 is 5.95. The van der Waals surface area contributed by atoms with Gasteiger partial charge in [-0.1, -0.05) is 55.5 Å². The number of carbonyl (C=O) groups excluding carboxylic acids is 1. The van der Waals surface area contributed by atoms with Crippen molar-refractivity contribution in [1.82, 2.24) is 4.90 Å². The number of nitrogens with zero attached hydrogens (tertiary/aromatic N) is 1. The van der Waals surface area contributed by atoms with E-state index >= 15 is 0 Å². The van der Waals surface area contributed by atoms with Gasteiger partial charge in [0.25, 0.3) is 0 Å². The first kappa shape index (κ1) is 25.3. The van der Waals surface area contributed by atoms with Crippen molar-refractivity contribution >= 4 is 34.8 Å². The second kappa shape index (κ2) is 11.8. The summed E-state index contributed by atoms with van der Waals surface area (Å²) in [5.41, 5.74) is 1.02. The second-order valence-electron chi connectivity index (χ2n) is 10.00. The summed E-state index contributed by atoms with van der Waals surface area (Å²) in [6.07, 6.45) is 8.42. The van der Waals surface area contributed by atoms with Crippen molar-refractivity contribution in [3.05, 3.63) is 58.1 Å². The molecule has 2 aromatic carbocycles. The Morgan fingerprint density at radius 3 is 2.56 bits per heavy atom. The number of nitrogens with one attached hydrogen (secondary N) is 1. The van der Waals surface area contributed by atoms with E-state index in [0.717, 1.165) is 68.0 Å². The Labute approximate surface area is 214 Å².